The van der Waals surface area contributed by atoms with E-state index in [1.165, 1.54) is 0 Å². The molecule has 0 saturated heterocycles. The van der Waals surface area contributed by atoms with Crippen LogP contribution >= 0.6 is 31.9 Å². The molecule has 20 heavy (non-hydrogen) atoms. The van der Waals surface area contributed by atoms with Crippen LogP contribution in [0.25, 0.3) is 0 Å². The number of nitrogens with two attached hydrogens (primary N) is 1. The van der Waals surface area contributed by atoms with E-state index < -0.39 is 0 Å². The number of anilines is 2. The van der Waals surface area contributed by atoms with Crippen LogP contribution < -0.4 is 10.6 Å². The van der Waals surface area contributed by atoms with Gasteiger partial charge in [0, 0.05) is 29.0 Å². The van der Waals surface area contributed by atoms with Crippen molar-refractivity contribution in [2.45, 2.75) is 0 Å². The van der Waals surface area contributed by atoms with Crippen LogP contribution in [0.3, 0.4) is 0 Å². The molecule has 3 N–H and O–H groups in total. The van der Waals surface area contributed by atoms with E-state index in [0.717, 1.165) is 20.5 Å². The second-order valence-corrected chi connectivity index (χ2v) is 5.82. The van der Waals surface area contributed by atoms with Crippen LogP contribution in [-0.2, 0) is 0 Å². The second kappa shape index (κ2) is 6.23. The Bertz CT molecular complexity index is 643. The van der Waals surface area contributed by atoms with E-state index in [-0.39, 0.29) is 5.84 Å². The fourth-order valence-electron chi connectivity index (χ4n) is 1.69. The monoisotopic (exact) mass is 398 g/mol. The van der Waals surface area contributed by atoms with Crippen molar-refractivity contribution in [1.29, 1.82) is 0 Å². The van der Waals surface area contributed by atoms with Gasteiger partial charge in [0.1, 0.15) is 5.82 Å². The Labute approximate surface area is 133 Å². The minimum Gasteiger partial charge on any atom is -0.409 e. The number of amidine groups is 1. The van der Waals surface area contributed by atoms with Crippen LogP contribution in [0.15, 0.2) is 50.6 Å². The van der Waals surface area contributed by atoms with Crippen LogP contribution in [0.1, 0.15) is 5.56 Å². The maximum absolute atomic E-state index is 8.64. The topological polar surface area (TPSA) is 74.7 Å². The Morgan fingerprint density at radius 2 is 1.95 bits per heavy atom. The van der Waals surface area contributed by atoms with E-state index in [2.05, 4.69) is 42.0 Å². The van der Waals surface area contributed by atoms with Gasteiger partial charge in [-0.05, 0) is 62.2 Å². The lowest BCUT2D eigenvalue weighted by Gasteiger charge is -2.20. The second-order valence-electron chi connectivity index (χ2n) is 4.05. The van der Waals surface area contributed by atoms with Crippen molar-refractivity contribution >= 4 is 49.2 Å². The summed E-state index contributed by atoms with van der Waals surface area (Å²) in [6.07, 6.45) is 1.74. The van der Waals surface area contributed by atoms with Crippen molar-refractivity contribution in [3.05, 3.63) is 51.0 Å². The highest BCUT2D eigenvalue weighted by atomic mass is 79.9. The number of nitrogens with zero attached hydrogens (tertiary/aromatic N) is 3. The third kappa shape index (κ3) is 3.10. The SMILES string of the molecule is CN(c1ccc(/C(N)=N/O)cc1)c1ncc(Br)cc1Br. The molecule has 1 aromatic carbocycles. The van der Waals surface area contributed by atoms with Crippen molar-refractivity contribution in [3.63, 3.8) is 0 Å². The summed E-state index contributed by atoms with van der Waals surface area (Å²) in [6.45, 7) is 0. The number of aromatic nitrogens is 1. The fourth-order valence-corrected chi connectivity index (χ4v) is 2.94. The molecule has 0 aliphatic rings. The number of hydrogen-bond acceptors (Lipinski definition) is 4. The van der Waals surface area contributed by atoms with Crippen molar-refractivity contribution < 1.29 is 5.21 Å². The lowest BCUT2D eigenvalue weighted by molar-refractivity contribution is 0.318. The van der Waals surface area contributed by atoms with E-state index in [1.807, 2.05) is 30.1 Å². The van der Waals surface area contributed by atoms with Crippen LogP contribution in [0, 0.1) is 0 Å². The molecule has 0 saturated carbocycles. The Morgan fingerprint density at radius 3 is 2.50 bits per heavy atom. The van der Waals surface area contributed by atoms with E-state index in [1.54, 1.807) is 18.3 Å². The smallest absolute Gasteiger partial charge is 0.170 e. The molecule has 0 atom stereocenters. The van der Waals surface area contributed by atoms with Crippen molar-refractivity contribution in [2.75, 3.05) is 11.9 Å². The highest BCUT2D eigenvalue weighted by molar-refractivity contribution is 9.11. The molecule has 0 aliphatic heterocycles. The number of hydrogen-bond donors (Lipinski definition) is 2. The van der Waals surface area contributed by atoms with Gasteiger partial charge in [-0.2, -0.15) is 0 Å². The average molecular weight is 400 g/mol. The predicted molar refractivity (Wildman–Crippen MR) is 86.7 cm³/mol. The summed E-state index contributed by atoms with van der Waals surface area (Å²) in [6, 6.07) is 9.26. The molecule has 0 bridgehead atoms. The maximum atomic E-state index is 8.64. The molecule has 1 aromatic heterocycles. The minimum absolute atomic E-state index is 0.0853. The van der Waals surface area contributed by atoms with Crippen molar-refractivity contribution in [2.24, 2.45) is 10.9 Å². The summed E-state index contributed by atoms with van der Waals surface area (Å²) in [7, 11) is 1.92. The summed E-state index contributed by atoms with van der Waals surface area (Å²) >= 11 is 6.86. The fraction of sp³-hybridized carbons (Fsp3) is 0.0769. The summed E-state index contributed by atoms with van der Waals surface area (Å²) in [4.78, 5) is 6.31. The molecule has 0 fully saturated rings. The number of benzene rings is 1. The van der Waals surface area contributed by atoms with Crippen LogP contribution in [0.2, 0.25) is 0 Å². The summed E-state index contributed by atoms with van der Waals surface area (Å²) in [5.41, 5.74) is 7.13. The molecule has 5 nitrogen and oxygen atoms in total. The standard InChI is InChI=1S/C13H12Br2N4O/c1-19(13-11(15)6-9(14)7-17-13)10-4-2-8(3-5-10)12(16)18-20/h2-7,20H,1H3,(H2,16,18). The van der Waals surface area contributed by atoms with Gasteiger partial charge in [0.25, 0.3) is 0 Å². The van der Waals surface area contributed by atoms with Gasteiger partial charge in [-0.15, -0.1) is 0 Å². The van der Waals surface area contributed by atoms with Gasteiger partial charge in [0.2, 0.25) is 0 Å². The third-order valence-electron chi connectivity index (χ3n) is 2.76. The summed E-state index contributed by atoms with van der Waals surface area (Å²) in [5.74, 6) is 0.881. The van der Waals surface area contributed by atoms with E-state index in [0.29, 0.717) is 5.56 Å². The molecule has 2 rings (SSSR count). The van der Waals surface area contributed by atoms with E-state index >= 15 is 0 Å². The average Bonchev–Trinajstić information content (AvgIpc) is 2.46. The predicted octanol–water partition coefficient (Wildman–Crippen LogP) is 3.47. The Morgan fingerprint density at radius 1 is 1.30 bits per heavy atom. The van der Waals surface area contributed by atoms with Crippen LogP contribution in [-0.4, -0.2) is 23.1 Å². The van der Waals surface area contributed by atoms with Gasteiger partial charge in [-0.3, -0.25) is 0 Å². The molecule has 0 aliphatic carbocycles. The zero-order valence-corrected chi connectivity index (χ0v) is 13.8. The van der Waals surface area contributed by atoms with Crippen LogP contribution in [0.4, 0.5) is 11.5 Å². The number of rotatable bonds is 3. The molecule has 104 valence electrons. The van der Waals surface area contributed by atoms with Crippen molar-refractivity contribution in [1.82, 2.24) is 4.98 Å². The maximum Gasteiger partial charge on any atom is 0.170 e. The van der Waals surface area contributed by atoms with Gasteiger partial charge < -0.3 is 15.8 Å². The Hall–Kier alpha value is -1.60. The Balaban J connectivity index is 2.31. The molecule has 1 heterocycles. The lowest BCUT2D eigenvalue weighted by Crippen LogP contribution is -2.14. The zero-order valence-electron chi connectivity index (χ0n) is 10.6. The largest absolute Gasteiger partial charge is 0.409 e. The molecule has 0 radical (unpaired) electrons. The lowest BCUT2D eigenvalue weighted by atomic mass is 10.2. The molecular formula is C13H12Br2N4O. The molecule has 0 unspecified atom stereocenters. The molecule has 0 spiro atoms. The highest BCUT2D eigenvalue weighted by Crippen LogP contribution is 2.30. The van der Waals surface area contributed by atoms with Gasteiger partial charge in [0.15, 0.2) is 5.84 Å². The van der Waals surface area contributed by atoms with Gasteiger partial charge in [-0.25, -0.2) is 4.98 Å². The molecule has 7 heteroatoms. The Kier molecular flexibility index (Phi) is 4.61. The van der Waals surface area contributed by atoms with Gasteiger partial charge >= 0.3 is 0 Å². The normalized spacial score (nSPS) is 11.4. The first kappa shape index (κ1) is 14.8. The van der Waals surface area contributed by atoms with E-state index in [4.69, 9.17) is 10.9 Å². The number of halogens is 2. The first-order chi connectivity index (χ1) is 9.52. The number of oxime groups is 1. The summed E-state index contributed by atoms with van der Waals surface area (Å²) in [5, 5.41) is 11.6. The van der Waals surface area contributed by atoms with Gasteiger partial charge in [0.05, 0.1) is 4.47 Å². The van der Waals surface area contributed by atoms with Crippen LogP contribution in [0.5, 0.6) is 0 Å². The first-order valence-corrected chi connectivity index (χ1v) is 7.24. The number of pyridine rings is 1. The van der Waals surface area contributed by atoms with E-state index in [9.17, 15) is 0 Å². The first-order valence-electron chi connectivity index (χ1n) is 5.65. The molecule has 2 aromatic rings. The third-order valence-corrected chi connectivity index (χ3v) is 3.78. The minimum atomic E-state index is 0.0853. The quantitative estimate of drug-likeness (QED) is 0.358. The summed E-state index contributed by atoms with van der Waals surface area (Å²) < 4.78 is 1.79. The highest BCUT2D eigenvalue weighted by Gasteiger charge is 2.10. The van der Waals surface area contributed by atoms with Crippen molar-refractivity contribution in [3.8, 4) is 0 Å². The molecule has 0 amide bonds. The molecular weight excluding hydrogens is 388 g/mol. The van der Waals surface area contributed by atoms with Gasteiger partial charge in [-0.1, -0.05) is 5.16 Å². The zero-order chi connectivity index (χ0) is 14.7.